The number of hydrazone groups is 1. The van der Waals surface area contributed by atoms with Crippen molar-refractivity contribution in [3.63, 3.8) is 0 Å². The Balaban J connectivity index is 2.17. The second kappa shape index (κ2) is 8.77. The predicted molar refractivity (Wildman–Crippen MR) is 103 cm³/mol. The lowest BCUT2D eigenvalue weighted by Crippen LogP contribution is -2.36. The molecule has 2 N–H and O–H groups in total. The first-order valence-corrected chi connectivity index (χ1v) is 8.87. The molecule has 1 aromatic carbocycles. The zero-order chi connectivity index (χ0) is 19.3. The van der Waals surface area contributed by atoms with Crippen LogP contribution in [0.2, 0.25) is 0 Å². The summed E-state index contributed by atoms with van der Waals surface area (Å²) in [6, 6.07) is 3.16. The highest BCUT2D eigenvalue weighted by Crippen LogP contribution is 2.30. The quantitative estimate of drug-likeness (QED) is 0.460. The monoisotopic (exact) mass is 397 g/mol. The van der Waals surface area contributed by atoms with E-state index in [1.807, 2.05) is 13.8 Å². The van der Waals surface area contributed by atoms with Crippen molar-refractivity contribution in [3.05, 3.63) is 40.9 Å². The van der Waals surface area contributed by atoms with Gasteiger partial charge in [-0.15, -0.1) is 11.3 Å². The van der Waals surface area contributed by atoms with Gasteiger partial charge >= 0.3 is 0 Å². The Kier molecular flexibility index (Phi) is 6.70. The maximum atomic E-state index is 14.0. The lowest BCUT2D eigenvalue weighted by molar-refractivity contribution is -0.115. The number of thiazole rings is 1. The number of hydrogen-bond acceptors (Lipinski definition) is 5. The molecule has 1 heterocycles. The Bertz CT molecular complexity index is 838. The minimum Gasteiger partial charge on any atom is -0.359 e. The number of halogens is 2. The summed E-state index contributed by atoms with van der Waals surface area (Å²) in [5, 5.41) is 9.17. The van der Waals surface area contributed by atoms with E-state index in [0.29, 0.717) is 16.9 Å². The summed E-state index contributed by atoms with van der Waals surface area (Å²) in [5.41, 5.74) is 3.03. The predicted octanol–water partition coefficient (Wildman–Crippen LogP) is 3.31. The molecule has 10 heteroatoms. The second-order valence-corrected chi connectivity index (χ2v) is 6.75. The maximum absolute atomic E-state index is 14.0. The third-order valence-electron chi connectivity index (χ3n) is 2.95. The van der Waals surface area contributed by atoms with E-state index >= 15 is 0 Å². The van der Waals surface area contributed by atoms with Gasteiger partial charge in [-0.25, -0.2) is 13.8 Å². The van der Waals surface area contributed by atoms with Crippen molar-refractivity contribution in [2.45, 2.75) is 26.8 Å². The number of thiocarbonyl (C=S) groups is 1. The smallest absolute Gasteiger partial charge is 0.230 e. The van der Waals surface area contributed by atoms with Crippen LogP contribution in [0.5, 0.6) is 0 Å². The number of carbonyl (C=O) groups is 1. The molecular formula is C16H17F2N5OS2. The van der Waals surface area contributed by atoms with Gasteiger partial charge in [0.15, 0.2) is 10.2 Å². The van der Waals surface area contributed by atoms with E-state index in [4.69, 9.17) is 12.2 Å². The molecule has 0 aliphatic rings. The van der Waals surface area contributed by atoms with Gasteiger partial charge in [0.1, 0.15) is 11.6 Å². The number of carbonyl (C=O) groups excluding carboxylic acids is 1. The number of aromatic nitrogens is 1. The van der Waals surface area contributed by atoms with Crippen molar-refractivity contribution in [3.8, 4) is 0 Å². The lowest BCUT2D eigenvalue weighted by atomic mass is 10.2. The van der Waals surface area contributed by atoms with E-state index in [1.54, 1.807) is 5.38 Å². The molecule has 1 amide bonds. The molecule has 0 fully saturated rings. The van der Waals surface area contributed by atoms with Gasteiger partial charge in [0.2, 0.25) is 5.91 Å². The fourth-order valence-corrected chi connectivity index (χ4v) is 3.08. The highest BCUT2D eigenvalue weighted by molar-refractivity contribution is 7.80. The van der Waals surface area contributed by atoms with Crippen molar-refractivity contribution >= 4 is 51.6 Å². The highest BCUT2D eigenvalue weighted by atomic mass is 32.1. The molecule has 0 aliphatic carbocycles. The molecule has 0 aliphatic heterocycles. The summed E-state index contributed by atoms with van der Waals surface area (Å²) in [7, 11) is 0. The normalized spacial score (nSPS) is 11.0. The molecule has 138 valence electrons. The Hall–Kier alpha value is -2.46. The van der Waals surface area contributed by atoms with Gasteiger partial charge in [0.25, 0.3) is 0 Å². The molecule has 0 saturated carbocycles. The number of amides is 1. The molecule has 6 nitrogen and oxygen atoms in total. The van der Waals surface area contributed by atoms with Gasteiger partial charge in [0.05, 0.1) is 17.6 Å². The van der Waals surface area contributed by atoms with E-state index in [9.17, 15) is 13.6 Å². The largest absolute Gasteiger partial charge is 0.359 e. The van der Waals surface area contributed by atoms with Gasteiger partial charge in [0, 0.05) is 24.4 Å². The fourth-order valence-electron chi connectivity index (χ4n) is 1.96. The van der Waals surface area contributed by atoms with Crippen molar-refractivity contribution in [2.24, 2.45) is 5.10 Å². The third kappa shape index (κ3) is 5.27. The second-order valence-electron chi connectivity index (χ2n) is 5.50. The SMILES string of the molecule is CC(=O)N(c1nc(/C=N\NC(=S)NC(C)C)cs1)c1ccc(F)cc1F. The fraction of sp³-hybridized carbons (Fsp3) is 0.250. The molecule has 0 unspecified atom stereocenters. The Morgan fingerprint density at radius 2 is 2.15 bits per heavy atom. The van der Waals surface area contributed by atoms with E-state index in [-0.39, 0.29) is 16.9 Å². The van der Waals surface area contributed by atoms with Gasteiger partial charge in [-0.3, -0.25) is 15.1 Å². The third-order valence-corrected chi connectivity index (χ3v) is 4.00. The van der Waals surface area contributed by atoms with Gasteiger partial charge < -0.3 is 5.32 Å². The summed E-state index contributed by atoms with van der Waals surface area (Å²) in [4.78, 5) is 17.3. The molecule has 2 rings (SSSR count). The molecule has 0 atom stereocenters. The Morgan fingerprint density at radius 1 is 1.42 bits per heavy atom. The van der Waals surface area contributed by atoms with Crippen LogP contribution >= 0.6 is 23.6 Å². The molecule has 0 radical (unpaired) electrons. The Morgan fingerprint density at radius 3 is 2.77 bits per heavy atom. The van der Waals surface area contributed by atoms with Crippen LogP contribution in [0, 0.1) is 11.6 Å². The van der Waals surface area contributed by atoms with Gasteiger partial charge in [-0.2, -0.15) is 5.10 Å². The van der Waals surface area contributed by atoms with Crippen molar-refractivity contribution in [2.75, 3.05) is 4.90 Å². The van der Waals surface area contributed by atoms with Crippen molar-refractivity contribution in [1.29, 1.82) is 0 Å². The molecule has 1 aromatic heterocycles. The zero-order valence-electron chi connectivity index (χ0n) is 14.3. The first-order valence-electron chi connectivity index (χ1n) is 7.58. The average molecular weight is 397 g/mol. The number of rotatable bonds is 5. The molecular weight excluding hydrogens is 380 g/mol. The standard InChI is InChI=1S/C16H17F2N5OS2/c1-9(2)20-15(25)22-19-7-12-8-26-16(21-12)23(10(3)24)14-5-4-11(17)6-13(14)18/h4-9H,1-3H3,(H2,20,22,25)/b19-7-. The number of nitrogens with one attached hydrogen (secondary N) is 2. The van der Waals surface area contributed by atoms with E-state index in [0.717, 1.165) is 22.3 Å². The van der Waals surface area contributed by atoms with Gasteiger partial charge in [-0.1, -0.05) is 0 Å². The zero-order valence-corrected chi connectivity index (χ0v) is 15.9. The van der Waals surface area contributed by atoms with Crippen molar-refractivity contribution < 1.29 is 13.6 Å². The van der Waals surface area contributed by atoms with Gasteiger partial charge in [-0.05, 0) is 38.2 Å². The summed E-state index contributed by atoms with van der Waals surface area (Å²) in [5.74, 6) is -2.02. The molecule has 0 saturated heterocycles. The molecule has 0 bridgehead atoms. The Labute approximate surface area is 158 Å². The highest BCUT2D eigenvalue weighted by Gasteiger charge is 2.21. The van der Waals surface area contributed by atoms with Crippen molar-refractivity contribution in [1.82, 2.24) is 15.7 Å². The number of nitrogens with zero attached hydrogens (tertiary/aromatic N) is 3. The van der Waals surface area contributed by atoms with E-state index < -0.39 is 17.5 Å². The molecule has 0 spiro atoms. The summed E-state index contributed by atoms with van der Waals surface area (Å²) in [6.07, 6.45) is 1.42. The van der Waals surface area contributed by atoms with Crippen LogP contribution < -0.4 is 15.6 Å². The minimum atomic E-state index is -0.850. The van der Waals surface area contributed by atoms with E-state index in [2.05, 4.69) is 20.8 Å². The van der Waals surface area contributed by atoms with Crippen LogP contribution in [0.15, 0.2) is 28.7 Å². The maximum Gasteiger partial charge on any atom is 0.230 e. The summed E-state index contributed by atoms with van der Waals surface area (Å²) in [6.45, 7) is 5.15. The summed E-state index contributed by atoms with van der Waals surface area (Å²) < 4.78 is 27.1. The first kappa shape index (κ1) is 19.9. The van der Waals surface area contributed by atoms with Crippen LogP contribution in [0.3, 0.4) is 0 Å². The lowest BCUT2D eigenvalue weighted by Gasteiger charge is -2.18. The number of benzene rings is 1. The van der Waals surface area contributed by atoms with Crippen LogP contribution in [-0.2, 0) is 4.79 Å². The van der Waals surface area contributed by atoms with Crippen LogP contribution in [0.25, 0.3) is 0 Å². The summed E-state index contributed by atoms with van der Waals surface area (Å²) >= 11 is 6.17. The minimum absolute atomic E-state index is 0.0721. The molecule has 2 aromatic rings. The van der Waals surface area contributed by atoms with Crippen LogP contribution in [0.4, 0.5) is 19.6 Å². The average Bonchev–Trinajstić information content (AvgIpc) is 2.97. The van der Waals surface area contributed by atoms with Crippen LogP contribution in [0.1, 0.15) is 26.5 Å². The number of hydrogen-bond donors (Lipinski definition) is 2. The molecule has 26 heavy (non-hydrogen) atoms. The first-order chi connectivity index (χ1) is 12.3. The van der Waals surface area contributed by atoms with E-state index in [1.165, 1.54) is 19.2 Å². The topological polar surface area (TPSA) is 69.6 Å². The number of anilines is 2. The van der Waals surface area contributed by atoms with Crippen LogP contribution in [-0.4, -0.2) is 28.3 Å².